The number of nitrogens with zero attached hydrogens (tertiary/aromatic N) is 2. The van der Waals surface area contributed by atoms with Gasteiger partial charge in [0.05, 0.1) is 12.8 Å². The summed E-state index contributed by atoms with van der Waals surface area (Å²) in [7, 11) is 1.20. The number of ether oxygens (including phenoxy) is 1. The maximum absolute atomic E-state index is 13.4. The first kappa shape index (κ1) is 17.2. The number of carbonyl (C=O) groups is 3. The van der Waals surface area contributed by atoms with E-state index in [-0.39, 0.29) is 5.71 Å². The zero-order chi connectivity index (χ0) is 19.2. The van der Waals surface area contributed by atoms with Crippen LogP contribution in [0.5, 0.6) is 0 Å². The van der Waals surface area contributed by atoms with E-state index in [0.29, 0.717) is 16.3 Å². The predicted octanol–water partition coefficient (Wildman–Crippen LogP) is 1.86. The van der Waals surface area contributed by atoms with Crippen LogP contribution in [0.1, 0.15) is 5.56 Å². The lowest BCUT2D eigenvalue weighted by Crippen LogP contribution is -2.48. The number of hydrogen-bond donors (Lipinski definition) is 1. The van der Waals surface area contributed by atoms with Gasteiger partial charge in [-0.05, 0) is 29.8 Å². The summed E-state index contributed by atoms with van der Waals surface area (Å²) in [5.74, 6) is -2.96. The molecule has 0 aromatic heterocycles. The molecule has 1 fully saturated rings. The number of benzene rings is 2. The Morgan fingerprint density at radius 2 is 1.81 bits per heavy atom. The molecule has 0 aliphatic carbocycles. The van der Waals surface area contributed by atoms with E-state index in [1.807, 2.05) is 0 Å². The van der Waals surface area contributed by atoms with Crippen LogP contribution in [-0.4, -0.2) is 30.6 Å². The molecule has 7 nitrogen and oxygen atoms in total. The number of nitrogens with one attached hydrogen (secondary N) is 1. The lowest BCUT2D eigenvalue weighted by Gasteiger charge is -2.26. The van der Waals surface area contributed by atoms with Gasteiger partial charge in [-0.1, -0.05) is 41.9 Å². The van der Waals surface area contributed by atoms with Crippen LogP contribution in [0, 0.1) is 5.92 Å². The Labute approximate surface area is 159 Å². The summed E-state index contributed by atoms with van der Waals surface area (Å²) >= 11 is 5.91. The fraction of sp³-hybridized carbons (Fsp3) is 0.158. The Kier molecular flexibility index (Phi) is 3.96. The van der Waals surface area contributed by atoms with Crippen LogP contribution in [0.3, 0.4) is 0 Å². The van der Waals surface area contributed by atoms with E-state index in [4.69, 9.17) is 16.3 Å². The summed E-state index contributed by atoms with van der Waals surface area (Å²) in [4.78, 5) is 39.9. The molecule has 2 aliphatic heterocycles. The Balaban J connectivity index is 1.88. The third kappa shape index (κ3) is 2.35. The van der Waals surface area contributed by atoms with E-state index in [1.54, 1.807) is 54.6 Å². The number of rotatable bonds is 3. The van der Waals surface area contributed by atoms with Crippen molar-refractivity contribution in [2.45, 2.75) is 5.54 Å². The number of fused-ring (bicyclic) bond motifs is 1. The highest BCUT2D eigenvalue weighted by molar-refractivity contribution is 6.47. The van der Waals surface area contributed by atoms with Crippen LogP contribution in [0.4, 0.5) is 5.69 Å². The third-order valence-corrected chi connectivity index (χ3v) is 5.03. The molecule has 0 radical (unpaired) electrons. The predicted molar refractivity (Wildman–Crippen MR) is 98.1 cm³/mol. The average molecular weight is 384 g/mol. The van der Waals surface area contributed by atoms with Gasteiger partial charge in [0.2, 0.25) is 5.91 Å². The van der Waals surface area contributed by atoms with E-state index in [0.717, 1.165) is 4.90 Å². The van der Waals surface area contributed by atoms with Crippen molar-refractivity contribution in [3.05, 3.63) is 65.2 Å². The number of esters is 1. The molecule has 0 spiro atoms. The largest absolute Gasteiger partial charge is 0.464 e. The van der Waals surface area contributed by atoms with Gasteiger partial charge in [-0.25, -0.2) is 9.69 Å². The fourth-order valence-corrected chi connectivity index (χ4v) is 3.65. The van der Waals surface area contributed by atoms with Crippen LogP contribution in [0.15, 0.2) is 59.7 Å². The molecular weight excluding hydrogens is 370 g/mol. The Bertz CT molecular complexity index is 974. The fourth-order valence-electron chi connectivity index (χ4n) is 3.52. The van der Waals surface area contributed by atoms with Crippen LogP contribution < -0.4 is 10.3 Å². The molecule has 136 valence electrons. The molecule has 2 heterocycles. The number of imide groups is 1. The summed E-state index contributed by atoms with van der Waals surface area (Å²) in [6.45, 7) is 0. The van der Waals surface area contributed by atoms with Crippen LogP contribution in [0.25, 0.3) is 0 Å². The van der Waals surface area contributed by atoms with Crippen molar-refractivity contribution in [2.24, 2.45) is 11.0 Å². The molecule has 2 atom stereocenters. The zero-order valence-corrected chi connectivity index (χ0v) is 14.9. The number of anilines is 1. The number of hydrogen-bond acceptors (Lipinski definition) is 6. The average Bonchev–Trinajstić information content (AvgIpc) is 3.19. The topological polar surface area (TPSA) is 88.1 Å². The van der Waals surface area contributed by atoms with E-state index in [9.17, 15) is 14.4 Å². The summed E-state index contributed by atoms with van der Waals surface area (Å²) in [6.07, 6.45) is 0. The third-order valence-electron chi connectivity index (χ3n) is 4.78. The van der Waals surface area contributed by atoms with E-state index in [2.05, 4.69) is 10.5 Å². The summed E-state index contributed by atoms with van der Waals surface area (Å²) in [6, 6.07) is 15.1. The second-order valence-electron chi connectivity index (χ2n) is 6.16. The van der Waals surface area contributed by atoms with Gasteiger partial charge in [0.15, 0.2) is 11.3 Å². The molecule has 2 unspecified atom stereocenters. The lowest BCUT2D eigenvalue weighted by atomic mass is 9.79. The van der Waals surface area contributed by atoms with Gasteiger partial charge in [0, 0.05) is 5.02 Å². The Morgan fingerprint density at radius 1 is 1.15 bits per heavy atom. The Morgan fingerprint density at radius 3 is 2.44 bits per heavy atom. The molecule has 0 saturated carbocycles. The first-order valence-corrected chi connectivity index (χ1v) is 8.51. The molecule has 4 rings (SSSR count). The molecule has 8 heteroatoms. The minimum Gasteiger partial charge on any atom is -0.464 e. The van der Waals surface area contributed by atoms with Crippen molar-refractivity contribution >= 4 is 40.8 Å². The molecule has 2 aromatic carbocycles. The van der Waals surface area contributed by atoms with Crippen molar-refractivity contribution in [1.29, 1.82) is 0 Å². The minimum absolute atomic E-state index is 0.129. The maximum Gasteiger partial charge on any atom is 0.355 e. The van der Waals surface area contributed by atoms with Gasteiger partial charge < -0.3 is 4.74 Å². The molecule has 27 heavy (non-hydrogen) atoms. The van der Waals surface area contributed by atoms with Crippen LogP contribution in [-0.2, 0) is 24.7 Å². The van der Waals surface area contributed by atoms with E-state index in [1.165, 1.54) is 7.11 Å². The van der Waals surface area contributed by atoms with Gasteiger partial charge in [0.1, 0.15) is 5.92 Å². The zero-order valence-electron chi connectivity index (χ0n) is 14.2. The van der Waals surface area contributed by atoms with E-state index >= 15 is 0 Å². The standard InChI is InChI=1S/C19H14ClN3O4/c1-27-17(25)15-14-16(24)23(13-9-7-12(20)8-10-13)18(26)19(14,22-21-15)11-5-3-2-4-6-11/h2-10,14,22H,1H3. The van der Waals surface area contributed by atoms with Gasteiger partial charge >= 0.3 is 5.97 Å². The number of methoxy groups -OCH3 is 1. The van der Waals surface area contributed by atoms with Crippen molar-refractivity contribution in [1.82, 2.24) is 5.43 Å². The summed E-state index contributed by atoms with van der Waals surface area (Å²) in [5, 5.41) is 4.46. The summed E-state index contributed by atoms with van der Waals surface area (Å²) < 4.78 is 4.75. The molecule has 2 aliphatic rings. The summed E-state index contributed by atoms with van der Waals surface area (Å²) in [5.41, 5.74) is 2.03. The first-order valence-electron chi connectivity index (χ1n) is 8.13. The van der Waals surface area contributed by atoms with Gasteiger partial charge in [-0.3, -0.25) is 15.0 Å². The van der Waals surface area contributed by atoms with Crippen molar-refractivity contribution < 1.29 is 19.1 Å². The number of amides is 2. The lowest BCUT2D eigenvalue weighted by molar-refractivity contribution is -0.133. The van der Waals surface area contributed by atoms with Crippen LogP contribution in [0.2, 0.25) is 5.02 Å². The number of carbonyl (C=O) groups excluding carboxylic acids is 3. The SMILES string of the molecule is COC(=O)C1=NNC2(c3ccccc3)C(=O)N(c3ccc(Cl)cc3)C(=O)C12. The van der Waals surface area contributed by atoms with Crippen molar-refractivity contribution in [3.8, 4) is 0 Å². The maximum atomic E-state index is 13.4. The van der Waals surface area contributed by atoms with Crippen molar-refractivity contribution in [3.63, 3.8) is 0 Å². The van der Waals surface area contributed by atoms with Gasteiger partial charge in [-0.15, -0.1) is 0 Å². The molecule has 2 aromatic rings. The Hall–Kier alpha value is -3.19. The minimum atomic E-state index is -1.50. The van der Waals surface area contributed by atoms with Crippen molar-refractivity contribution in [2.75, 3.05) is 12.0 Å². The van der Waals surface area contributed by atoms with Crippen LogP contribution >= 0.6 is 11.6 Å². The van der Waals surface area contributed by atoms with E-state index < -0.39 is 29.2 Å². The smallest absolute Gasteiger partial charge is 0.355 e. The highest BCUT2D eigenvalue weighted by atomic mass is 35.5. The number of halogens is 1. The van der Waals surface area contributed by atoms with Gasteiger partial charge in [0.25, 0.3) is 5.91 Å². The molecule has 1 saturated heterocycles. The highest BCUT2D eigenvalue weighted by Crippen LogP contribution is 2.45. The monoisotopic (exact) mass is 383 g/mol. The highest BCUT2D eigenvalue weighted by Gasteiger charge is 2.67. The first-order chi connectivity index (χ1) is 13.0. The molecule has 2 amide bonds. The second kappa shape index (κ2) is 6.21. The molecule has 1 N–H and O–H groups in total. The quantitative estimate of drug-likeness (QED) is 0.645. The second-order valence-corrected chi connectivity index (χ2v) is 6.60. The molecule has 0 bridgehead atoms. The number of hydrazone groups is 1. The van der Waals surface area contributed by atoms with Gasteiger partial charge in [-0.2, -0.15) is 5.10 Å². The molecular formula is C19H14ClN3O4. The normalized spacial score (nSPS) is 23.7.